The standard InChI is InChI=1S/C50H91NO18/c1-3-5-7-9-11-13-15-16-17-18-19-21-23-25-27-34(55)33(51-38(56)28-26-24-22-20-14-12-10-8-6-4-2)32-64-48-44(62)41(59)46(36(30-53)66-48)69-50-45(63)42(60)47(37(31-54)67-50)68-49-43(61)40(58)39(57)35(29-52)65-49/h18-19,25,27,33-37,39-50,52-55,57-63H,3-17,20-24,26,28-32H2,1-2H3,(H,51,56)/b19-18+,27-25+. The number of ether oxygens (including phenoxy) is 6. The fourth-order valence-corrected chi connectivity index (χ4v) is 8.85. The Kier molecular flexibility index (Phi) is 31.6. The summed E-state index contributed by atoms with van der Waals surface area (Å²) in [6, 6.07) is -0.982. The average molecular weight is 994 g/mol. The monoisotopic (exact) mass is 994 g/mol. The molecule has 3 rings (SSSR count). The van der Waals surface area contributed by atoms with Crippen molar-refractivity contribution in [2.75, 3.05) is 26.4 Å². The quantitative estimate of drug-likeness (QED) is 0.0316. The lowest BCUT2D eigenvalue weighted by Crippen LogP contribution is -2.66. The molecule has 12 N–H and O–H groups in total. The van der Waals surface area contributed by atoms with Crippen LogP contribution in [-0.2, 0) is 33.2 Å². The minimum atomic E-state index is -1.98. The highest BCUT2D eigenvalue weighted by atomic mass is 16.8. The number of amides is 1. The Morgan fingerprint density at radius 3 is 1.45 bits per heavy atom. The van der Waals surface area contributed by atoms with Gasteiger partial charge in [0, 0.05) is 6.42 Å². The average Bonchev–Trinajstić information content (AvgIpc) is 3.34. The molecule has 3 aliphatic heterocycles. The number of carbonyl (C=O) groups is 1. The Bertz CT molecular complexity index is 1380. The van der Waals surface area contributed by atoms with Crippen molar-refractivity contribution in [3.8, 4) is 0 Å². The summed E-state index contributed by atoms with van der Waals surface area (Å²) in [6.45, 7) is 1.64. The number of allylic oxidation sites excluding steroid dienone is 3. The van der Waals surface area contributed by atoms with Gasteiger partial charge in [0.1, 0.15) is 73.2 Å². The molecule has 19 nitrogen and oxygen atoms in total. The molecule has 0 radical (unpaired) electrons. The van der Waals surface area contributed by atoms with Gasteiger partial charge in [0.2, 0.25) is 5.91 Å². The predicted octanol–water partition coefficient (Wildman–Crippen LogP) is 2.03. The topological polar surface area (TPSA) is 307 Å². The molecule has 17 unspecified atom stereocenters. The maximum Gasteiger partial charge on any atom is 0.220 e. The Hall–Kier alpha value is -1.73. The van der Waals surface area contributed by atoms with Crippen LogP contribution >= 0.6 is 0 Å². The largest absolute Gasteiger partial charge is 0.394 e. The van der Waals surface area contributed by atoms with Crippen LogP contribution in [0.25, 0.3) is 0 Å². The van der Waals surface area contributed by atoms with E-state index in [1.807, 2.05) is 6.08 Å². The fraction of sp³-hybridized carbons (Fsp3) is 0.900. The molecule has 0 aliphatic carbocycles. The number of nitrogens with one attached hydrogen (secondary N) is 1. The van der Waals surface area contributed by atoms with E-state index >= 15 is 0 Å². The van der Waals surface area contributed by atoms with Crippen LogP contribution in [0.2, 0.25) is 0 Å². The fourth-order valence-electron chi connectivity index (χ4n) is 8.85. The SMILES string of the molecule is CCCCCCCCCC/C=C/CC/C=C/C(O)C(COC1OC(CO)C(OC2OC(CO)C(OC3OC(CO)C(O)C(O)C3O)C(O)C2O)C(O)C1O)NC(=O)CCCCCCCCCCCC. The van der Waals surface area contributed by atoms with Gasteiger partial charge in [-0.2, -0.15) is 0 Å². The van der Waals surface area contributed by atoms with Crippen molar-refractivity contribution in [3.05, 3.63) is 24.3 Å². The van der Waals surface area contributed by atoms with Crippen LogP contribution in [0.1, 0.15) is 155 Å². The summed E-state index contributed by atoms with van der Waals surface area (Å²) in [5.74, 6) is -0.290. The highest BCUT2D eigenvalue weighted by Crippen LogP contribution is 2.33. The van der Waals surface area contributed by atoms with Crippen molar-refractivity contribution in [1.29, 1.82) is 0 Å². The van der Waals surface area contributed by atoms with E-state index in [1.165, 1.54) is 83.5 Å². The molecular weight excluding hydrogens is 903 g/mol. The lowest BCUT2D eigenvalue weighted by atomic mass is 9.96. The van der Waals surface area contributed by atoms with Crippen molar-refractivity contribution in [2.24, 2.45) is 0 Å². The van der Waals surface area contributed by atoms with Crippen LogP contribution in [0.5, 0.6) is 0 Å². The van der Waals surface area contributed by atoms with Gasteiger partial charge < -0.3 is 89.9 Å². The van der Waals surface area contributed by atoms with Gasteiger partial charge in [-0.15, -0.1) is 0 Å². The third-order valence-corrected chi connectivity index (χ3v) is 13.3. The third kappa shape index (κ3) is 21.3. The molecule has 0 spiro atoms. The Balaban J connectivity index is 1.58. The highest BCUT2D eigenvalue weighted by molar-refractivity contribution is 5.76. The molecule has 3 heterocycles. The molecular formula is C50H91NO18. The van der Waals surface area contributed by atoms with Gasteiger partial charge in [-0.3, -0.25) is 4.79 Å². The summed E-state index contributed by atoms with van der Waals surface area (Å²) >= 11 is 0. The molecule has 0 bridgehead atoms. The number of aliphatic hydroxyl groups excluding tert-OH is 11. The van der Waals surface area contributed by atoms with Crippen molar-refractivity contribution in [1.82, 2.24) is 5.32 Å². The summed E-state index contributed by atoms with van der Waals surface area (Å²) in [4.78, 5) is 13.2. The van der Waals surface area contributed by atoms with Crippen LogP contribution in [0.15, 0.2) is 24.3 Å². The van der Waals surface area contributed by atoms with Crippen molar-refractivity contribution in [3.63, 3.8) is 0 Å². The van der Waals surface area contributed by atoms with E-state index in [1.54, 1.807) is 6.08 Å². The van der Waals surface area contributed by atoms with E-state index in [0.29, 0.717) is 12.8 Å². The second-order valence-corrected chi connectivity index (χ2v) is 19.0. The predicted molar refractivity (Wildman–Crippen MR) is 254 cm³/mol. The molecule has 17 atom stereocenters. The van der Waals surface area contributed by atoms with Crippen LogP contribution in [0.3, 0.4) is 0 Å². The first-order chi connectivity index (χ1) is 33.3. The number of unbranched alkanes of at least 4 members (excludes halogenated alkanes) is 18. The summed E-state index contributed by atoms with van der Waals surface area (Å²) in [6.07, 6.45) is 4.77. The Morgan fingerprint density at radius 2 is 0.928 bits per heavy atom. The molecule has 3 saturated heterocycles. The molecule has 3 fully saturated rings. The summed E-state index contributed by atoms with van der Waals surface area (Å²) in [5, 5.41) is 119. The van der Waals surface area contributed by atoms with E-state index in [9.17, 15) is 61.0 Å². The number of aliphatic hydroxyl groups is 11. The smallest absolute Gasteiger partial charge is 0.220 e. The molecule has 0 aromatic rings. The minimum absolute atomic E-state index is 0.238. The lowest BCUT2D eigenvalue weighted by molar-refractivity contribution is -0.379. The molecule has 404 valence electrons. The first kappa shape index (κ1) is 61.6. The molecule has 0 aromatic carbocycles. The van der Waals surface area contributed by atoms with Gasteiger partial charge in [-0.25, -0.2) is 0 Å². The number of carbonyl (C=O) groups excluding carboxylic acids is 1. The number of rotatable bonds is 36. The van der Waals surface area contributed by atoms with Crippen LogP contribution in [0, 0.1) is 0 Å². The zero-order chi connectivity index (χ0) is 50.6. The molecule has 0 aromatic heterocycles. The van der Waals surface area contributed by atoms with Gasteiger partial charge >= 0.3 is 0 Å². The Labute approximate surface area is 409 Å². The second-order valence-electron chi connectivity index (χ2n) is 19.0. The maximum absolute atomic E-state index is 13.2. The van der Waals surface area contributed by atoms with Crippen molar-refractivity contribution < 1.29 is 89.4 Å². The van der Waals surface area contributed by atoms with E-state index < -0.39 is 124 Å². The molecule has 1 amide bonds. The lowest BCUT2D eigenvalue weighted by Gasteiger charge is -2.48. The highest BCUT2D eigenvalue weighted by Gasteiger charge is 2.53. The van der Waals surface area contributed by atoms with Crippen LogP contribution < -0.4 is 5.32 Å². The zero-order valence-corrected chi connectivity index (χ0v) is 41.3. The number of hydrogen-bond acceptors (Lipinski definition) is 18. The molecule has 0 saturated carbocycles. The van der Waals surface area contributed by atoms with Gasteiger partial charge in [-0.05, 0) is 32.1 Å². The zero-order valence-electron chi connectivity index (χ0n) is 41.3. The van der Waals surface area contributed by atoms with E-state index in [-0.39, 0.29) is 18.9 Å². The normalized spacial score (nSPS) is 33.0. The second kappa shape index (κ2) is 35.4. The Morgan fingerprint density at radius 1 is 0.507 bits per heavy atom. The van der Waals surface area contributed by atoms with Crippen LogP contribution in [0.4, 0.5) is 0 Å². The van der Waals surface area contributed by atoms with E-state index in [0.717, 1.165) is 38.5 Å². The first-order valence-corrected chi connectivity index (χ1v) is 26.1. The van der Waals surface area contributed by atoms with Gasteiger partial charge in [0.05, 0.1) is 38.6 Å². The van der Waals surface area contributed by atoms with E-state index in [2.05, 4.69) is 31.3 Å². The summed E-state index contributed by atoms with van der Waals surface area (Å²) < 4.78 is 34.1. The minimum Gasteiger partial charge on any atom is -0.394 e. The van der Waals surface area contributed by atoms with Gasteiger partial charge in [0.15, 0.2) is 18.9 Å². The van der Waals surface area contributed by atoms with Gasteiger partial charge in [0.25, 0.3) is 0 Å². The van der Waals surface area contributed by atoms with Gasteiger partial charge in [-0.1, -0.05) is 141 Å². The maximum atomic E-state index is 13.2. The van der Waals surface area contributed by atoms with E-state index in [4.69, 9.17) is 28.4 Å². The van der Waals surface area contributed by atoms with Crippen LogP contribution in [-0.4, -0.2) is 193 Å². The first-order valence-electron chi connectivity index (χ1n) is 26.1. The molecule has 19 heteroatoms. The third-order valence-electron chi connectivity index (χ3n) is 13.3. The summed E-state index contributed by atoms with van der Waals surface area (Å²) in [7, 11) is 0. The van der Waals surface area contributed by atoms with Crippen molar-refractivity contribution >= 4 is 5.91 Å². The van der Waals surface area contributed by atoms with Crippen molar-refractivity contribution in [2.45, 2.75) is 259 Å². The molecule has 69 heavy (non-hydrogen) atoms. The summed E-state index contributed by atoms with van der Waals surface area (Å²) in [5.41, 5.74) is 0. The molecule has 3 aliphatic rings. The number of hydrogen-bond donors (Lipinski definition) is 12.